The molecule has 33 heavy (non-hydrogen) atoms. The molecular formula is C23H25N5O4S. The summed E-state index contributed by atoms with van der Waals surface area (Å²) in [6.45, 7) is 3.58. The lowest BCUT2D eigenvalue weighted by Crippen LogP contribution is -2.25. The zero-order valence-electron chi connectivity index (χ0n) is 18.3. The molecular weight excluding hydrogens is 442 g/mol. The molecule has 1 fully saturated rings. The molecule has 2 aromatic carbocycles. The molecule has 0 radical (unpaired) electrons. The highest BCUT2D eigenvalue weighted by Gasteiger charge is 2.21. The average Bonchev–Trinajstić information content (AvgIpc) is 3.09. The van der Waals surface area contributed by atoms with E-state index < -0.39 is 14.9 Å². The minimum Gasteiger partial charge on any atom is -0.355 e. The van der Waals surface area contributed by atoms with Gasteiger partial charge in [0.15, 0.2) is 5.82 Å². The Labute approximate surface area is 192 Å². The number of sulfonamides is 1. The number of non-ortho nitro benzene ring substituents is 1. The van der Waals surface area contributed by atoms with E-state index in [1.54, 1.807) is 31.2 Å². The molecule has 0 atom stereocenters. The fourth-order valence-electron chi connectivity index (χ4n) is 3.86. The Hall–Kier alpha value is -3.53. The monoisotopic (exact) mass is 467 g/mol. The minimum absolute atomic E-state index is 0.129. The van der Waals surface area contributed by atoms with Crippen molar-refractivity contribution in [2.45, 2.75) is 37.5 Å². The molecule has 10 heteroatoms. The zero-order chi connectivity index (χ0) is 23.4. The Morgan fingerprint density at radius 3 is 2.24 bits per heavy atom. The number of aromatic nitrogens is 2. The van der Waals surface area contributed by atoms with Gasteiger partial charge in [0.1, 0.15) is 0 Å². The molecule has 0 amide bonds. The minimum atomic E-state index is -3.99. The molecule has 172 valence electrons. The number of anilines is 2. The van der Waals surface area contributed by atoms with Gasteiger partial charge in [-0.3, -0.25) is 14.8 Å². The van der Waals surface area contributed by atoms with Crippen LogP contribution in [0.2, 0.25) is 0 Å². The van der Waals surface area contributed by atoms with Crippen LogP contribution in [0.4, 0.5) is 17.2 Å². The summed E-state index contributed by atoms with van der Waals surface area (Å²) in [5.74, 6) is 0.873. The van der Waals surface area contributed by atoms with Gasteiger partial charge in [-0.25, -0.2) is 8.42 Å². The van der Waals surface area contributed by atoms with Gasteiger partial charge >= 0.3 is 0 Å². The van der Waals surface area contributed by atoms with E-state index in [2.05, 4.69) is 19.8 Å². The van der Waals surface area contributed by atoms with Crippen LogP contribution < -0.4 is 9.62 Å². The highest BCUT2D eigenvalue weighted by atomic mass is 32.2. The molecule has 1 aromatic heterocycles. The lowest BCUT2D eigenvalue weighted by Gasteiger charge is -2.20. The van der Waals surface area contributed by atoms with Gasteiger partial charge in [0, 0.05) is 36.5 Å². The number of aryl methyl sites for hydroxylation is 1. The third kappa shape index (κ3) is 5.28. The van der Waals surface area contributed by atoms with Crippen LogP contribution in [0, 0.1) is 17.0 Å². The maximum Gasteiger partial charge on any atom is 0.270 e. The van der Waals surface area contributed by atoms with Gasteiger partial charge in [-0.15, -0.1) is 10.2 Å². The second-order valence-corrected chi connectivity index (χ2v) is 9.72. The average molecular weight is 468 g/mol. The van der Waals surface area contributed by atoms with Crippen molar-refractivity contribution in [1.29, 1.82) is 0 Å². The number of hydrogen-bond donors (Lipinski definition) is 1. The maximum absolute atomic E-state index is 12.8. The summed E-state index contributed by atoms with van der Waals surface area (Å²) in [5.41, 5.74) is 1.98. The van der Waals surface area contributed by atoms with Crippen molar-refractivity contribution < 1.29 is 13.3 Å². The van der Waals surface area contributed by atoms with Crippen LogP contribution in [0.5, 0.6) is 0 Å². The third-order valence-electron chi connectivity index (χ3n) is 5.69. The normalized spacial score (nSPS) is 14.5. The van der Waals surface area contributed by atoms with E-state index in [1.165, 1.54) is 25.0 Å². The summed E-state index contributed by atoms with van der Waals surface area (Å²) < 4.78 is 28.1. The Bertz CT molecular complexity index is 1240. The van der Waals surface area contributed by atoms with Crippen LogP contribution in [0.15, 0.2) is 59.5 Å². The molecule has 1 aliphatic heterocycles. The number of nitrogens with zero attached hydrogens (tertiary/aromatic N) is 4. The predicted molar refractivity (Wildman–Crippen MR) is 127 cm³/mol. The smallest absolute Gasteiger partial charge is 0.270 e. The van der Waals surface area contributed by atoms with E-state index in [1.807, 2.05) is 12.1 Å². The SMILES string of the molecule is Cc1ccc([N+](=O)[O-])cc1S(=O)(=O)Nc1ccc(-c2ccc(N3CCCCCC3)nn2)cc1. The van der Waals surface area contributed by atoms with Gasteiger partial charge in [-0.1, -0.05) is 31.0 Å². The van der Waals surface area contributed by atoms with Crippen LogP contribution in [0.25, 0.3) is 11.3 Å². The van der Waals surface area contributed by atoms with Crippen LogP contribution in [0.3, 0.4) is 0 Å². The molecule has 0 aliphatic carbocycles. The van der Waals surface area contributed by atoms with Crippen LogP contribution >= 0.6 is 0 Å². The summed E-state index contributed by atoms with van der Waals surface area (Å²) in [6.07, 6.45) is 4.82. The molecule has 1 aliphatic rings. The lowest BCUT2D eigenvalue weighted by atomic mass is 10.1. The molecule has 0 unspecified atom stereocenters. The third-order valence-corrected chi connectivity index (χ3v) is 7.21. The van der Waals surface area contributed by atoms with Crippen LogP contribution in [-0.2, 0) is 10.0 Å². The standard InChI is InChI=1S/C23H25N5O4S/c1-17-6-11-20(28(29)30)16-22(17)33(31,32)26-19-9-7-18(8-10-19)21-12-13-23(25-24-21)27-14-4-2-3-5-15-27/h6-13,16,26H,2-5,14-15H2,1H3. The number of nitrogens with one attached hydrogen (secondary N) is 1. The Kier molecular flexibility index (Phi) is 6.55. The first-order valence-electron chi connectivity index (χ1n) is 10.8. The van der Waals surface area contributed by atoms with E-state index in [9.17, 15) is 18.5 Å². The van der Waals surface area contributed by atoms with Crippen molar-refractivity contribution in [2.24, 2.45) is 0 Å². The Balaban J connectivity index is 1.49. The largest absolute Gasteiger partial charge is 0.355 e. The van der Waals surface area contributed by atoms with E-state index in [0.29, 0.717) is 16.9 Å². The highest BCUT2D eigenvalue weighted by molar-refractivity contribution is 7.92. The van der Waals surface area contributed by atoms with Crippen molar-refractivity contribution in [3.05, 3.63) is 70.3 Å². The van der Waals surface area contributed by atoms with Gasteiger partial charge < -0.3 is 4.90 Å². The molecule has 1 saturated heterocycles. The molecule has 0 spiro atoms. The van der Waals surface area contributed by atoms with Crippen molar-refractivity contribution in [3.8, 4) is 11.3 Å². The summed E-state index contributed by atoms with van der Waals surface area (Å²) in [7, 11) is -3.99. The van der Waals surface area contributed by atoms with Gasteiger partial charge in [0.05, 0.1) is 15.5 Å². The summed E-state index contributed by atoms with van der Waals surface area (Å²) in [5, 5.41) is 19.8. The Morgan fingerprint density at radius 1 is 0.939 bits per heavy atom. The van der Waals surface area contributed by atoms with Crippen molar-refractivity contribution in [1.82, 2.24) is 10.2 Å². The van der Waals surface area contributed by atoms with Gasteiger partial charge in [0.2, 0.25) is 0 Å². The lowest BCUT2D eigenvalue weighted by molar-refractivity contribution is -0.385. The molecule has 4 rings (SSSR count). The van der Waals surface area contributed by atoms with Gasteiger partial charge in [-0.2, -0.15) is 0 Å². The fourth-order valence-corrected chi connectivity index (χ4v) is 5.18. The van der Waals surface area contributed by atoms with E-state index >= 15 is 0 Å². The molecule has 3 aromatic rings. The number of benzene rings is 2. The van der Waals surface area contributed by atoms with Crippen LogP contribution in [0.1, 0.15) is 31.2 Å². The predicted octanol–water partition coefficient (Wildman–Crippen LogP) is 4.54. The van der Waals surface area contributed by atoms with Crippen molar-refractivity contribution >= 4 is 27.2 Å². The number of nitro benzene ring substituents is 1. The van der Waals surface area contributed by atoms with Crippen molar-refractivity contribution in [2.75, 3.05) is 22.7 Å². The summed E-state index contributed by atoms with van der Waals surface area (Å²) >= 11 is 0. The zero-order valence-corrected chi connectivity index (χ0v) is 19.1. The van der Waals surface area contributed by atoms with E-state index in [-0.39, 0.29) is 10.6 Å². The fraction of sp³-hybridized carbons (Fsp3) is 0.304. The quantitative estimate of drug-likeness (QED) is 0.417. The summed E-state index contributed by atoms with van der Waals surface area (Å²) in [4.78, 5) is 12.5. The second-order valence-electron chi connectivity index (χ2n) is 8.07. The first-order chi connectivity index (χ1) is 15.8. The van der Waals surface area contributed by atoms with Gasteiger partial charge in [0.25, 0.3) is 15.7 Å². The topological polar surface area (TPSA) is 118 Å². The molecule has 0 bridgehead atoms. The summed E-state index contributed by atoms with van der Waals surface area (Å²) in [6, 6.07) is 14.4. The van der Waals surface area contributed by atoms with Gasteiger partial charge in [-0.05, 0) is 49.6 Å². The van der Waals surface area contributed by atoms with E-state index in [0.717, 1.165) is 43.4 Å². The number of hydrogen-bond acceptors (Lipinski definition) is 7. The molecule has 2 heterocycles. The Morgan fingerprint density at radius 2 is 1.64 bits per heavy atom. The van der Waals surface area contributed by atoms with Crippen molar-refractivity contribution in [3.63, 3.8) is 0 Å². The first-order valence-corrected chi connectivity index (χ1v) is 12.3. The van der Waals surface area contributed by atoms with Crippen LogP contribution in [-0.4, -0.2) is 36.6 Å². The molecule has 0 saturated carbocycles. The highest BCUT2D eigenvalue weighted by Crippen LogP contribution is 2.26. The maximum atomic E-state index is 12.8. The molecule has 9 nitrogen and oxygen atoms in total. The first kappa shape index (κ1) is 22.7. The second kappa shape index (κ2) is 9.53. The number of nitro groups is 1. The molecule has 1 N–H and O–H groups in total. The van der Waals surface area contributed by atoms with E-state index in [4.69, 9.17) is 0 Å². The number of rotatable bonds is 6.